The number of hydrogen-bond acceptors (Lipinski definition) is 7. The van der Waals surface area contributed by atoms with E-state index < -0.39 is 18.9 Å². The van der Waals surface area contributed by atoms with Crippen LogP contribution in [0.15, 0.2) is 49.1 Å². The van der Waals surface area contributed by atoms with Gasteiger partial charge in [0.1, 0.15) is 17.5 Å². The van der Waals surface area contributed by atoms with Crippen molar-refractivity contribution >= 4 is 28.8 Å². The lowest BCUT2D eigenvalue weighted by molar-refractivity contribution is -0.136. The summed E-state index contributed by atoms with van der Waals surface area (Å²) in [7, 11) is 1.71. The van der Waals surface area contributed by atoms with Crippen LogP contribution in [0.2, 0.25) is 5.02 Å². The van der Waals surface area contributed by atoms with E-state index in [-0.39, 0.29) is 33.6 Å². The standard InChI is InChI=1S/C23H22ClF2N7O3/c1-31-8-2-4-17(22(31)35)33-12-16(29-21(34)15-11-28-32-9-3-7-27-20(15)32)19(30-33)14-10-13(24)5-6-18(14)36-23(25)26/h3,5-7,9-12,17,21,23,29,34H,2,4,8H2,1H3. The van der Waals surface area contributed by atoms with E-state index in [0.717, 1.165) is 6.42 Å². The molecule has 0 bridgehead atoms. The first kappa shape index (κ1) is 23.9. The minimum absolute atomic E-state index is 0.121. The van der Waals surface area contributed by atoms with Crippen molar-refractivity contribution in [3.05, 3.63) is 59.6 Å². The Morgan fingerprint density at radius 2 is 2.17 bits per heavy atom. The quantitative estimate of drug-likeness (QED) is 0.359. The summed E-state index contributed by atoms with van der Waals surface area (Å²) in [6, 6.07) is 5.29. The van der Waals surface area contributed by atoms with Crippen molar-refractivity contribution in [1.29, 1.82) is 0 Å². The lowest BCUT2D eigenvalue weighted by Gasteiger charge is -2.29. The first-order valence-corrected chi connectivity index (χ1v) is 11.5. The van der Waals surface area contributed by atoms with Gasteiger partial charge >= 0.3 is 6.61 Å². The fourth-order valence-electron chi connectivity index (χ4n) is 4.26. The molecule has 10 nitrogen and oxygen atoms in total. The Morgan fingerprint density at radius 3 is 2.97 bits per heavy atom. The highest BCUT2D eigenvalue weighted by molar-refractivity contribution is 6.31. The molecule has 0 aliphatic carbocycles. The van der Waals surface area contributed by atoms with Crippen LogP contribution in [0.5, 0.6) is 5.75 Å². The number of piperidine rings is 1. The lowest BCUT2D eigenvalue weighted by Crippen LogP contribution is -2.39. The van der Waals surface area contributed by atoms with E-state index in [9.17, 15) is 18.7 Å². The number of carbonyl (C=O) groups is 1. The molecule has 4 heterocycles. The van der Waals surface area contributed by atoms with Gasteiger partial charge in [-0.05, 0) is 37.1 Å². The zero-order valence-corrected chi connectivity index (χ0v) is 19.8. The van der Waals surface area contributed by atoms with Crippen molar-refractivity contribution < 1.29 is 23.4 Å². The number of nitrogens with zero attached hydrogens (tertiary/aromatic N) is 6. The van der Waals surface area contributed by atoms with E-state index in [2.05, 4.69) is 20.5 Å². The molecule has 13 heteroatoms. The number of likely N-dealkylation sites (tertiary alicyclic amines) is 1. The molecule has 1 fully saturated rings. The molecule has 188 valence electrons. The van der Waals surface area contributed by atoms with E-state index in [1.807, 2.05) is 0 Å². The highest BCUT2D eigenvalue weighted by Gasteiger charge is 2.31. The van der Waals surface area contributed by atoms with Crippen LogP contribution in [0.3, 0.4) is 0 Å². The van der Waals surface area contributed by atoms with E-state index in [1.165, 1.54) is 33.6 Å². The highest BCUT2D eigenvalue weighted by Crippen LogP contribution is 2.39. The SMILES string of the molecule is CN1CCCC(n2cc(NC(O)c3cnn4cccnc34)c(-c3cc(Cl)ccc3OC(F)F)n2)C1=O. The molecule has 36 heavy (non-hydrogen) atoms. The van der Waals surface area contributed by atoms with Gasteiger partial charge in [0.2, 0.25) is 5.91 Å². The first-order chi connectivity index (χ1) is 17.3. The fourth-order valence-corrected chi connectivity index (χ4v) is 4.43. The molecule has 5 rings (SSSR count). The minimum atomic E-state index is -3.08. The fraction of sp³-hybridized carbons (Fsp3) is 0.304. The molecule has 0 spiro atoms. The Morgan fingerprint density at radius 1 is 1.33 bits per heavy atom. The summed E-state index contributed by atoms with van der Waals surface area (Å²) < 4.78 is 34.0. The number of halogens is 3. The predicted octanol–water partition coefficient (Wildman–Crippen LogP) is 3.74. The van der Waals surface area contributed by atoms with E-state index in [0.29, 0.717) is 24.2 Å². The van der Waals surface area contributed by atoms with Crippen molar-refractivity contribution in [1.82, 2.24) is 29.3 Å². The number of likely N-dealkylation sites (N-methyl/N-ethyl adjacent to an activating group) is 1. The van der Waals surface area contributed by atoms with Crippen molar-refractivity contribution in [2.45, 2.75) is 31.7 Å². The smallest absolute Gasteiger partial charge is 0.387 e. The number of hydrogen-bond donors (Lipinski definition) is 2. The van der Waals surface area contributed by atoms with E-state index >= 15 is 0 Å². The van der Waals surface area contributed by atoms with Gasteiger partial charge in [-0.2, -0.15) is 19.0 Å². The number of aliphatic hydroxyl groups excluding tert-OH is 1. The maximum absolute atomic E-state index is 13.1. The average Bonchev–Trinajstić information content (AvgIpc) is 3.46. The van der Waals surface area contributed by atoms with Gasteiger partial charge in [0, 0.05) is 42.8 Å². The Labute approximate surface area is 209 Å². The van der Waals surface area contributed by atoms with E-state index in [1.54, 1.807) is 36.6 Å². The molecule has 0 radical (unpaired) electrons. The Balaban J connectivity index is 1.59. The van der Waals surface area contributed by atoms with Gasteiger partial charge in [-0.3, -0.25) is 9.48 Å². The number of fused-ring (bicyclic) bond motifs is 1. The Kier molecular flexibility index (Phi) is 6.46. The summed E-state index contributed by atoms with van der Waals surface area (Å²) in [5.74, 6) is -0.272. The normalized spacial score (nSPS) is 17.1. The second kappa shape index (κ2) is 9.70. The molecule has 1 aliphatic rings. The summed E-state index contributed by atoms with van der Waals surface area (Å²) in [4.78, 5) is 18.7. The molecule has 1 amide bonds. The van der Waals surface area contributed by atoms with Crippen LogP contribution in [0, 0.1) is 0 Å². The maximum atomic E-state index is 13.1. The molecule has 1 aromatic carbocycles. The van der Waals surface area contributed by atoms with Gasteiger partial charge in [-0.25, -0.2) is 9.50 Å². The second-order valence-corrected chi connectivity index (χ2v) is 8.78. The largest absolute Gasteiger partial charge is 0.434 e. The molecule has 3 aromatic heterocycles. The molecule has 1 saturated heterocycles. The number of rotatable bonds is 7. The molecule has 2 N–H and O–H groups in total. The summed E-state index contributed by atoms with van der Waals surface area (Å²) in [5, 5.41) is 23.0. The third-order valence-electron chi connectivity index (χ3n) is 5.99. The Bertz CT molecular complexity index is 1410. The number of anilines is 1. The molecule has 1 aliphatic heterocycles. The zero-order chi connectivity index (χ0) is 25.4. The lowest BCUT2D eigenvalue weighted by atomic mass is 10.1. The van der Waals surface area contributed by atoms with Gasteiger partial charge < -0.3 is 20.1 Å². The molecule has 2 unspecified atom stereocenters. The van der Waals surface area contributed by atoms with Crippen LogP contribution in [-0.2, 0) is 4.79 Å². The van der Waals surface area contributed by atoms with Crippen LogP contribution in [-0.4, -0.2) is 60.5 Å². The molecule has 4 aromatic rings. The highest BCUT2D eigenvalue weighted by atomic mass is 35.5. The predicted molar refractivity (Wildman–Crippen MR) is 127 cm³/mol. The van der Waals surface area contributed by atoms with Crippen LogP contribution in [0.4, 0.5) is 14.5 Å². The van der Waals surface area contributed by atoms with Gasteiger partial charge in [0.15, 0.2) is 11.9 Å². The van der Waals surface area contributed by atoms with Crippen LogP contribution in [0.25, 0.3) is 16.9 Å². The molecular weight excluding hydrogens is 496 g/mol. The summed E-state index contributed by atoms with van der Waals surface area (Å²) >= 11 is 6.18. The second-order valence-electron chi connectivity index (χ2n) is 8.34. The van der Waals surface area contributed by atoms with Crippen LogP contribution >= 0.6 is 11.6 Å². The monoisotopic (exact) mass is 517 g/mol. The number of benzene rings is 1. The van der Waals surface area contributed by atoms with Crippen molar-refractivity contribution in [3.8, 4) is 17.0 Å². The van der Waals surface area contributed by atoms with Gasteiger partial charge in [0.05, 0.1) is 17.4 Å². The Hall–Kier alpha value is -3.77. The van der Waals surface area contributed by atoms with Crippen LogP contribution in [0.1, 0.15) is 30.7 Å². The number of carbonyl (C=O) groups excluding carboxylic acids is 1. The number of aliphatic hydroxyl groups is 1. The van der Waals surface area contributed by atoms with Gasteiger partial charge in [-0.1, -0.05) is 11.6 Å². The zero-order valence-electron chi connectivity index (χ0n) is 19.1. The van der Waals surface area contributed by atoms with Crippen molar-refractivity contribution in [2.24, 2.45) is 0 Å². The average molecular weight is 518 g/mol. The van der Waals surface area contributed by atoms with Gasteiger partial charge in [-0.15, -0.1) is 0 Å². The third kappa shape index (κ3) is 4.56. The topological polar surface area (TPSA) is 110 Å². The van der Waals surface area contributed by atoms with Crippen LogP contribution < -0.4 is 10.1 Å². The first-order valence-electron chi connectivity index (χ1n) is 11.1. The third-order valence-corrected chi connectivity index (χ3v) is 6.22. The number of ether oxygens (including phenoxy) is 1. The van der Waals surface area contributed by atoms with Gasteiger partial charge in [0.25, 0.3) is 0 Å². The minimum Gasteiger partial charge on any atom is -0.434 e. The maximum Gasteiger partial charge on any atom is 0.387 e. The molecular formula is C23H22ClF2N7O3. The molecule has 2 atom stereocenters. The molecule has 0 saturated carbocycles. The van der Waals surface area contributed by atoms with Crippen molar-refractivity contribution in [3.63, 3.8) is 0 Å². The summed E-state index contributed by atoms with van der Waals surface area (Å²) in [5.41, 5.74) is 1.45. The number of amides is 1. The number of nitrogens with one attached hydrogen (secondary N) is 1. The number of alkyl halides is 2. The summed E-state index contributed by atoms with van der Waals surface area (Å²) in [6.45, 7) is -2.44. The van der Waals surface area contributed by atoms with E-state index in [4.69, 9.17) is 16.3 Å². The summed E-state index contributed by atoms with van der Waals surface area (Å²) in [6.07, 6.45) is 6.34. The van der Waals surface area contributed by atoms with Crippen molar-refractivity contribution in [2.75, 3.05) is 18.9 Å². The number of aromatic nitrogens is 5.